The standard InChI is InChI=1S/C14H12F3N3O/c1-8-5-12(18)11(7-19-8)13(21)20-10-4-2-3-9(6-10)14(15,16)17/h2-7H,1H3,(H2,18,19)(H,20,21). The minimum Gasteiger partial charge on any atom is -0.398 e. The summed E-state index contributed by atoms with van der Waals surface area (Å²) in [5, 5.41) is 2.37. The molecule has 0 atom stereocenters. The summed E-state index contributed by atoms with van der Waals surface area (Å²) in [6.07, 6.45) is -3.18. The maximum atomic E-state index is 12.6. The highest BCUT2D eigenvalue weighted by Crippen LogP contribution is 2.30. The molecule has 0 unspecified atom stereocenters. The second-order valence-electron chi connectivity index (χ2n) is 4.45. The average Bonchev–Trinajstić information content (AvgIpc) is 2.37. The van der Waals surface area contributed by atoms with E-state index >= 15 is 0 Å². The van der Waals surface area contributed by atoms with Crippen LogP contribution in [0.25, 0.3) is 0 Å². The van der Waals surface area contributed by atoms with Crippen LogP contribution in [-0.2, 0) is 6.18 Å². The molecule has 0 bridgehead atoms. The van der Waals surface area contributed by atoms with Crippen LogP contribution in [0, 0.1) is 6.92 Å². The Morgan fingerprint density at radius 1 is 1.29 bits per heavy atom. The molecule has 1 amide bonds. The Morgan fingerprint density at radius 3 is 2.62 bits per heavy atom. The largest absolute Gasteiger partial charge is 0.416 e. The molecule has 0 saturated heterocycles. The lowest BCUT2D eigenvalue weighted by atomic mass is 10.1. The number of nitrogens with zero attached hydrogens (tertiary/aromatic N) is 1. The summed E-state index contributed by atoms with van der Waals surface area (Å²) in [6, 6.07) is 5.88. The first-order chi connectivity index (χ1) is 9.77. The highest BCUT2D eigenvalue weighted by molar-refractivity contribution is 6.07. The molecule has 0 aliphatic heterocycles. The van der Waals surface area contributed by atoms with Gasteiger partial charge in [-0.15, -0.1) is 0 Å². The van der Waals surface area contributed by atoms with Crippen molar-refractivity contribution in [2.24, 2.45) is 0 Å². The third kappa shape index (κ3) is 3.50. The predicted octanol–water partition coefficient (Wildman–Crippen LogP) is 3.24. The van der Waals surface area contributed by atoms with Gasteiger partial charge in [-0.1, -0.05) is 6.07 Å². The average molecular weight is 295 g/mol. The van der Waals surface area contributed by atoms with Gasteiger partial charge in [-0.2, -0.15) is 13.2 Å². The Bertz CT molecular complexity index is 683. The fraction of sp³-hybridized carbons (Fsp3) is 0.143. The second-order valence-corrected chi connectivity index (χ2v) is 4.45. The van der Waals surface area contributed by atoms with Crippen LogP contribution in [0.3, 0.4) is 0 Å². The molecule has 1 aromatic heterocycles. The number of nitrogens with two attached hydrogens (primary N) is 1. The van der Waals surface area contributed by atoms with E-state index in [1.54, 1.807) is 6.92 Å². The molecule has 1 heterocycles. The molecule has 0 aliphatic carbocycles. The van der Waals surface area contributed by atoms with E-state index in [-0.39, 0.29) is 16.9 Å². The number of alkyl halides is 3. The van der Waals surface area contributed by atoms with Crippen LogP contribution >= 0.6 is 0 Å². The predicted molar refractivity (Wildman–Crippen MR) is 72.8 cm³/mol. The Kier molecular flexibility index (Phi) is 3.84. The molecule has 0 fully saturated rings. The van der Waals surface area contributed by atoms with Crippen molar-refractivity contribution in [3.63, 3.8) is 0 Å². The van der Waals surface area contributed by atoms with Gasteiger partial charge in [-0.25, -0.2) is 0 Å². The van der Waals surface area contributed by atoms with Gasteiger partial charge in [0.2, 0.25) is 0 Å². The van der Waals surface area contributed by atoms with E-state index in [2.05, 4.69) is 10.3 Å². The fourth-order valence-electron chi connectivity index (χ4n) is 1.74. The quantitative estimate of drug-likeness (QED) is 0.893. The monoisotopic (exact) mass is 295 g/mol. The van der Waals surface area contributed by atoms with Crippen molar-refractivity contribution in [2.75, 3.05) is 11.1 Å². The van der Waals surface area contributed by atoms with Crippen molar-refractivity contribution in [3.05, 3.63) is 53.3 Å². The lowest BCUT2D eigenvalue weighted by Gasteiger charge is -2.10. The second kappa shape index (κ2) is 5.43. The molecule has 1 aromatic carbocycles. The number of halogens is 3. The van der Waals surface area contributed by atoms with Gasteiger partial charge in [-0.05, 0) is 31.2 Å². The topological polar surface area (TPSA) is 68.0 Å². The zero-order valence-electron chi connectivity index (χ0n) is 11.0. The number of pyridine rings is 1. The number of amides is 1. The van der Waals surface area contributed by atoms with Crippen LogP contribution in [0.1, 0.15) is 21.6 Å². The Hall–Kier alpha value is -2.57. The summed E-state index contributed by atoms with van der Waals surface area (Å²) in [5.41, 5.74) is 5.86. The molecule has 4 nitrogen and oxygen atoms in total. The first kappa shape index (κ1) is 14.8. The summed E-state index contributed by atoms with van der Waals surface area (Å²) < 4.78 is 37.8. The number of nitrogen functional groups attached to an aromatic ring is 1. The van der Waals surface area contributed by atoms with Gasteiger partial charge in [0.15, 0.2) is 0 Å². The van der Waals surface area contributed by atoms with E-state index in [0.29, 0.717) is 5.69 Å². The van der Waals surface area contributed by atoms with Gasteiger partial charge in [0.1, 0.15) is 0 Å². The molecule has 21 heavy (non-hydrogen) atoms. The van der Waals surface area contributed by atoms with Crippen molar-refractivity contribution >= 4 is 17.3 Å². The van der Waals surface area contributed by atoms with Gasteiger partial charge < -0.3 is 11.1 Å². The summed E-state index contributed by atoms with van der Waals surface area (Å²) in [7, 11) is 0. The summed E-state index contributed by atoms with van der Waals surface area (Å²) >= 11 is 0. The highest BCUT2D eigenvalue weighted by Gasteiger charge is 2.30. The smallest absolute Gasteiger partial charge is 0.398 e. The summed E-state index contributed by atoms with van der Waals surface area (Å²) in [4.78, 5) is 15.9. The lowest BCUT2D eigenvalue weighted by Crippen LogP contribution is -2.15. The maximum absolute atomic E-state index is 12.6. The third-order valence-corrected chi connectivity index (χ3v) is 2.77. The van der Waals surface area contributed by atoms with Crippen LogP contribution in [0.15, 0.2) is 36.5 Å². The minimum atomic E-state index is -4.47. The van der Waals surface area contributed by atoms with Gasteiger partial charge in [0.05, 0.1) is 11.1 Å². The highest BCUT2D eigenvalue weighted by atomic mass is 19.4. The molecule has 0 radical (unpaired) electrons. The maximum Gasteiger partial charge on any atom is 0.416 e. The van der Waals surface area contributed by atoms with Gasteiger partial charge in [0.25, 0.3) is 5.91 Å². The number of carbonyl (C=O) groups is 1. The van der Waals surface area contributed by atoms with Crippen LogP contribution in [-0.4, -0.2) is 10.9 Å². The van der Waals surface area contributed by atoms with Gasteiger partial charge >= 0.3 is 6.18 Å². The van der Waals surface area contributed by atoms with Crippen LogP contribution in [0.5, 0.6) is 0 Å². The molecular weight excluding hydrogens is 283 g/mol. The van der Waals surface area contributed by atoms with Crippen molar-refractivity contribution in [1.29, 1.82) is 0 Å². The number of carbonyl (C=O) groups excluding carboxylic acids is 1. The number of hydrogen-bond donors (Lipinski definition) is 2. The number of aryl methyl sites for hydroxylation is 1. The van der Waals surface area contributed by atoms with E-state index in [9.17, 15) is 18.0 Å². The Morgan fingerprint density at radius 2 is 2.00 bits per heavy atom. The van der Waals surface area contributed by atoms with E-state index in [4.69, 9.17) is 5.73 Å². The van der Waals surface area contributed by atoms with E-state index in [1.165, 1.54) is 24.4 Å². The molecule has 0 saturated carbocycles. The number of benzene rings is 1. The van der Waals surface area contributed by atoms with Crippen molar-refractivity contribution in [1.82, 2.24) is 4.98 Å². The molecule has 0 spiro atoms. The fourth-order valence-corrected chi connectivity index (χ4v) is 1.74. The molecule has 0 aliphatic rings. The number of aromatic nitrogens is 1. The Balaban J connectivity index is 2.24. The summed E-state index contributed by atoms with van der Waals surface area (Å²) in [5.74, 6) is -0.612. The third-order valence-electron chi connectivity index (χ3n) is 2.77. The molecule has 2 aromatic rings. The van der Waals surface area contributed by atoms with Crippen LogP contribution in [0.2, 0.25) is 0 Å². The molecule has 3 N–H and O–H groups in total. The Labute approximate surface area is 118 Å². The van der Waals surface area contributed by atoms with Gasteiger partial charge in [0, 0.05) is 23.3 Å². The molecule has 7 heteroatoms. The number of rotatable bonds is 2. The number of anilines is 2. The zero-order valence-corrected chi connectivity index (χ0v) is 11.0. The number of nitrogens with one attached hydrogen (secondary N) is 1. The first-order valence-electron chi connectivity index (χ1n) is 5.98. The number of hydrogen-bond acceptors (Lipinski definition) is 3. The SMILES string of the molecule is Cc1cc(N)c(C(=O)Nc2cccc(C(F)(F)F)c2)cn1. The minimum absolute atomic E-state index is 0.0369. The lowest BCUT2D eigenvalue weighted by molar-refractivity contribution is -0.137. The van der Waals surface area contributed by atoms with Crippen molar-refractivity contribution in [3.8, 4) is 0 Å². The zero-order chi connectivity index (χ0) is 15.6. The normalized spacial score (nSPS) is 11.2. The van der Waals surface area contributed by atoms with Crippen molar-refractivity contribution < 1.29 is 18.0 Å². The molecular formula is C14H12F3N3O. The van der Waals surface area contributed by atoms with Crippen LogP contribution in [0.4, 0.5) is 24.5 Å². The van der Waals surface area contributed by atoms with E-state index in [0.717, 1.165) is 12.1 Å². The van der Waals surface area contributed by atoms with Crippen molar-refractivity contribution in [2.45, 2.75) is 13.1 Å². The summed E-state index contributed by atoms with van der Waals surface area (Å²) in [6.45, 7) is 1.71. The van der Waals surface area contributed by atoms with E-state index in [1.807, 2.05) is 0 Å². The van der Waals surface area contributed by atoms with Gasteiger partial charge in [-0.3, -0.25) is 9.78 Å². The molecule has 2 rings (SSSR count). The first-order valence-corrected chi connectivity index (χ1v) is 5.98. The van der Waals surface area contributed by atoms with E-state index < -0.39 is 17.6 Å². The molecule has 110 valence electrons. The van der Waals surface area contributed by atoms with Crippen LogP contribution < -0.4 is 11.1 Å².